The molecule has 34 heavy (non-hydrogen) atoms. The molecule has 0 radical (unpaired) electrons. The molecule has 3 heterocycles. The van der Waals surface area contributed by atoms with Gasteiger partial charge in [0.05, 0.1) is 27.8 Å². The predicted molar refractivity (Wildman–Crippen MR) is 137 cm³/mol. The molecule has 0 unspecified atom stereocenters. The minimum atomic E-state index is -0.174. The number of nitrogens with zero attached hydrogens (tertiary/aromatic N) is 4. The second kappa shape index (κ2) is 6.84. The van der Waals surface area contributed by atoms with Gasteiger partial charge in [0.2, 0.25) is 0 Å². The Morgan fingerprint density at radius 1 is 0.676 bits per heavy atom. The molecule has 0 aliphatic carbocycles. The monoisotopic (exact) mass is 438 g/mol. The van der Waals surface area contributed by atoms with Crippen LogP contribution in [0.1, 0.15) is 25.2 Å². The van der Waals surface area contributed by atoms with Crippen LogP contribution in [0.15, 0.2) is 97.1 Å². The second-order valence-electron chi connectivity index (χ2n) is 9.37. The molecule has 0 atom stereocenters. The Hall–Kier alpha value is -4.31. The molecule has 4 heteroatoms. The molecule has 1 aliphatic heterocycles. The Morgan fingerprint density at radius 2 is 1.44 bits per heavy atom. The number of fused-ring (bicyclic) bond motifs is 6. The number of aromatic nitrogens is 4. The van der Waals surface area contributed by atoms with E-state index in [2.05, 4.69) is 85.1 Å². The molecule has 2 aromatic heterocycles. The third-order valence-corrected chi connectivity index (χ3v) is 6.95. The van der Waals surface area contributed by atoms with Gasteiger partial charge in [-0.15, -0.1) is 0 Å². The van der Waals surface area contributed by atoms with Crippen molar-refractivity contribution in [3.05, 3.63) is 108 Å². The smallest absolute Gasteiger partial charge is 0.162 e. The van der Waals surface area contributed by atoms with Crippen LogP contribution in [-0.4, -0.2) is 19.5 Å². The molecule has 6 aromatic rings. The topological polar surface area (TPSA) is 43.6 Å². The van der Waals surface area contributed by atoms with Gasteiger partial charge in [-0.3, -0.25) is 4.57 Å². The lowest BCUT2D eigenvalue weighted by atomic mass is 9.86. The van der Waals surface area contributed by atoms with Gasteiger partial charge < -0.3 is 0 Å². The van der Waals surface area contributed by atoms with Crippen LogP contribution in [0.2, 0.25) is 0 Å². The third kappa shape index (κ3) is 2.57. The molecule has 4 aromatic carbocycles. The Bertz CT molecular complexity index is 1730. The lowest BCUT2D eigenvalue weighted by Crippen LogP contribution is -2.16. The minimum Gasteiger partial charge on any atom is -0.295 e. The Kier molecular flexibility index (Phi) is 3.86. The van der Waals surface area contributed by atoms with Gasteiger partial charge >= 0.3 is 0 Å². The van der Waals surface area contributed by atoms with E-state index >= 15 is 0 Å². The first-order valence-corrected chi connectivity index (χ1v) is 11.6. The maximum Gasteiger partial charge on any atom is 0.162 e. The molecule has 0 spiro atoms. The van der Waals surface area contributed by atoms with Crippen LogP contribution in [0.3, 0.4) is 0 Å². The van der Waals surface area contributed by atoms with Crippen molar-refractivity contribution in [3.63, 3.8) is 0 Å². The zero-order valence-corrected chi connectivity index (χ0v) is 19.0. The van der Waals surface area contributed by atoms with Crippen LogP contribution < -0.4 is 0 Å². The van der Waals surface area contributed by atoms with Crippen LogP contribution in [-0.2, 0) is 5.41 Å². The highest BCUT2D eigenvalue weighted by atomic mass is 15.1. The summed E-state index contributed by atoms with van der Waals surface area (Å²) < 4.78 is 2.30. The molecule has 0 fully saturated rings. The summed E-state index contributed by atoms with van der Waals surface area (Å²) in [6, 6.07) is 33.4. The first-order chi connectivity index (χ1) is 16.6. The summed E-state index contributed by atoms with van der Waals surface area (Å²) >= 11 is 0. The van der Waals surface area contributed by atoms with Gasteiger partial charge in [-0.05, 0) is 43.7 Å². The van der Waals surface area contributed by atoms with Crippen LogP contribution in [0.25, 0.3) is 50.3 Å². The highest BCUT2D eigenvalue weighted by Crippen LogP contribution is 2.45. The summed E-state index contributed by atoms with van der Waals surface area (Å²) in [5.41, 5.74) is 8.26. The van der Waals surface area contributed by atoms with Crippen LogP contribution in [0.5, 0.6) is 0 Å². The highest BCUT2D eigenvalue weighted by Gasteiger charge is 2.39. The van der Waals surface area contributed by atoms with E-state index < -0.39 is 0 Å². The Labute approximate surface area is 197 Å². The summed E-state index contributed by atoms with van der Waals surface area (Å²) in [6.45, 7) is 4.49. The highest BCUT2D eigenvalue weighted by molar-refractivity contribution is 5.97. The predicted octanol–water partition coefficient (Wildman–Crippen LogP) is 6.94. The molecule has 4 nitrogen and oxygen atoms in total. The number of imidazole rings is 1. The van der Waals surface area contributed by atoms with Crippen LogP contribution >= 0.6 is 0 Å². The zero-order valence-electron chi connectivity index (χ0n) is 19.0. The van der Waals surface area contributed by atoms with Crippen molar-refractivity contribution in [2.75, 3.05) is 0 Å². The van der Waals surface area contributed by atoms with Crippen molar-refractivity contribution in [2.45, 2.75) is 19.3 Å². The molecular weight excluding hydrogens is 416 g/mol. The van der Waals surface area contributed by atoms with Crippen LogP contribution in [0, 0.1) is 0 Å². The first-order valence-electron chi connectivity index (χ1n) is 11.6. The maximum atomic E-state index is 5.20. The van der Waals surface area contributed by atoms with Crippen LogP contribution in [0.4, 0.5) is 0 Å². The van der Waals surface area contributed by atoms with Crippen molar-refractivity contribution in [1.29, 1.82) is 0 Å². The molecule has 162 valence electrons. The summed E-state index contributed by atoms with van der Waals surface area (Å²) in [5, 5.41) is 1.05. The minimum absolute atomic E-state index is 0.174. The number of hydrogen-bond acceptors (Lipinski definition) is 3. The lowest BCUT2D eigenvalue weighted by Gasteiger charge is -2.17. The molecule has 1 aliphatic rings. The van der Waals surface area contributed by atoms with Crippen molar-refractivity contribution in [3.8, 4) is 28.3 Å². The van der Waals surface area contributed by atoms with E-state index in [1.807, 2.05) is 30.3 Å². The average molecular weight is 439 g/mol. The molecule has 0 saturated carbocycles. The molecule has 0 N–H and O–H groups in total. The van der Waals surface area contributed by atoms with E-state index in [1.54, 1.807) is 0 Å². The summed E-state index contributed by atoms with van der Waals surface area (Å²) in [7, 11) is 0. The Balaban J connectivity index is 1.53. The molecular formula is C30H22N4. The van der Waals surface area contributed by atoms with Gasteiger partial charge in [0.15, 0.2) is 5.82 Å². The van der Waals surface area contributed by atoms with E-state index in [-0.39, 0.29) is 5.41 Å². The fourth-order valence-electron chi connectivity index (χ4n) is 5.27. The fourth-order valence-corrected chi connectivity index (χ4v) is 5.27. The van der Waals surface area contributed by atoms with E-state index in [9.17, 15) is 0 Å². The van der Waals surface area contributed by atoms with Gasteiger partial charge in [0, 0.05) is 16.5 Å². The van der Waals surface area contributed by atoms with Crippen molar-refractivity contribution in [1.82, 2.24) is 19.5 Å². The first kappa shape index (κ1) is 19.2. The van der Waals surface area contributed by atoms with E-state index in [1.165, 1.54) is 11.3 Å². The number of para-hydroxylation sites is 3. The Morgan fingerprint density at radius 3 is 2.32 bits per heavy atom. The quantitative estimate of drug-likeness (QED) is 0.294. The number of benzene rings is 4. The standard InChI is InChI=1S/C30H22N4/c1-30(2)22-15-7-9-17-24(22)34-25-18-10-14-21(27(25)33-29(30)34)28-31-23-16-8-6-13-20(23)26(32-28)19-11-4-3-5-12-19/h3-18H,1-2H3. The third-order valence-electron chi connectivity index (χ3n) is 6.95. The van der Waals surface area contributed by atoms with Gasteiger partial charge in [0.1, 0.15) is 11.3 Å². The lowest BCUT2D eigenvalue weighted by molar-refractivity contribution is 0.621. The molecule has 0 amide bonds. The summed E-state index contributed by atoms with van der Waals surface area (Å²) in [5.74, 6) is 1.76. The van der Waals surface area contributed by atoms with E-state index in [4.69, 9.17) is 15.0 Å². The molecule has 0 bridgehead atoms. The number of rotatable bonds is 2. The van der Waals surface area contributed by atoms with Gasteiger partial charge in [-0.25, -0.2) is 15.0 Å². The van der Waals surface area contributed by atoms with Gasteiger partial charge in [0.25, 0.3) is 0 Å². The number of hydrogen-bond donors (Lipinski definition) is 0. The second-order valence-corrected chi connectivity index (χ2v) is 9.37. The summed E-state index contributed by atoms with van der Waals surface area (Å²) in [6.07, 6.45) is 0. The average Bonchev–Trinajstić information content (AvgIpc) is 3.38. The van der Waals surface area contributed by atoms with Crippen molar-refractivity contribution >= 4 is 21.9 Å². The largest absolute Gasteiger partial charge is 0.295 e. The molecule has 7 rings (SSSR count). The van der Waals surface area contributed by atoms with Crippen molar-refractivity contribution < 1.29 is 0 Å². The maximum absolute atomic E-state index is 5.20. The van der Waals surface area contributed by atoms with E-state index in [0.29, 0.717) is 5.82 Å². The normalized spacial score (nSPS) is 13.8. The van der Waals surface area contributed by atoms with Gasteiger partial charge in [-0.1, -0.05) is 72.8 Å². The van der Waals surface area contributed by atoms with E-state index in [0.717, 1.165) is 44.6 Å². The fraction of sp³-hybridized carbons (Fsp3) is 0.100. The SMILES string of the molecule is CC1(C)c2ccccc2-n2c1nc1c(-c3nc(-c4ccccc4)c4ccccc4n3)cccc12. The van der Waals surface area contributed by atoms with Crippen molar-refractivity contribution in [2.24, 2.45) is 0 Å². The molecule has 0 saturated heterocycles. The zero-order chi connectivity index (χ0) is 22.9. The van der Waals surface area contributed by atoms with Gasteiger partial charge in [-0.2, -0.15) is 0 Å². The summed E-state index contributed by atoms with van der Waals surface area (Å²) in [4.78, 5) is 15.3.